The molecule has 1 aliphatic rings. The minimum atomic E-state index is -0.165. The van der Waals surface area contributed by atoms with Gasteiger partial charge >= 0.3 is 0 Å². The van der Waals surface area contributed by atoms with Gasteiger partial charge in [0.2, 0.25) is 0 Å². The summed E-state index contributed by atoms with van der Waals surface area (Å²) in [5, 5.41) is 0. The lowest BCUT2D eigenvalue weighted by atomic mass is 10.0. The van der Waals surface area contributed by atoms with Crippen LogP contribution in [0.3, 0.4) is 0 Å². The molecule has 2 atom stereocenters. The molecule has 1 fully saturated rings. The van der Waals surface area contributed by atoms with E-state index in [4.69, 9.17) is 5.73 Å². The molecule has 2 rings (SSSR count). The zero-order valence-corrected chi connectivity index (χ0v) is 13.0. The molecule has 3 nitrogen and oxygen atoms in total. The molecule has 0 radical (unpaired) electrons. The Morgan fingerprint density at radius 1 is 1.40 bits per heavy atom. The maximum atomic E-state index is 13.8. The van der Waals surface area contributed by atoms with E-state index in [0.29, 0.717) is 11.6 Å². The van der Waals surface area contributed by atoms with Crippen LogP contribution in [-0.2, 0) is 0 Å². The summed E-state index contributed by atoms with van der Waals surface area (Å²) >= 11 is 0. The van der Waals surface area contributed by atoms with Crippen molar-refractivity contribution < 1.29 is 4.39 Å². The Bertz CT molecular complexity index is 473. The molecule has 1 unspecified atom stereocenters. The number of nitrogens with two attached hydrogens (primary N) is 1. The molecule has 1 aromatic carbocycles. The van der Waals surface area contributed by atoms with E-state index in [-0.39, 0.29) is 11.9 Å². The van der Waals surface area contributed by atoms with Gasteiger partial charge in [-0.1, -0.05) is 6.92 Å². The van der Waals surface area contributed by atoms with Crippen molar-refractivity contribution in [3.63, 3.8) is 0 Å². The highest BCUT2D eigenvalue weighted by Gasteiger charge is 2.25. The Balaban J connectivity index is 2.34. The standard InChI is InChI=1S/C16H26FN3/c1-5-13-10-20(7-6-19(13)4)16-8-11(2)15(17)9-14(16)12(3)18/h8-9,12-13H,5-7,10,18H2,1-4H3/t12-,13?/m1/s1. The van der Waals surface area contributed by atoms with E-state index < -0.39 is 0 Å². The number of hydrogen-bond acceptors (Lipinski definition) is 3. The fourth-order valence-electron chi connectivity index (χ4n) is 2.93. The first-order valence-corrected chi connectivity index (χ1v) is 7.44. The molecule has 0 amide bonds. The molecule has 0 spiro atoms. The molecular formula is C16H26FN3. The fourth-order valence-corrected chi connectivity index (χ4v) is 2.93. The normalized spacial score (nSPS) is 22.1. The summed E-state index contributed by atoms with van der Waals surface area (Å²) in [6.45, 7) is 8.94. The first-order chi connectivity index (χ1) is 9.43. The minimum Gasteiger partial charge on any atom is -0.368 e. The third kappa shape index (κ3) is 2.96. The van der Waals surface area contributed by atoms with Crippen LogP contribution in [-0.4, -0.2) is 37.6 Å². The van der Waals surface area contributed by atoms with Crippen LogP contribution in [0.2, 0.25) is 0 Å². The molecule has 0 aromatic heterocycles. The molecule has 1 heterocycles. The predicted molar refractivity (Wildman–Crippen MR) is 82.7 cm³/mol. The third-order valence-corrected chi connectivity index (χ3v) is 4.39. The van der Waals surface area contributed by atoms with Gasteiger partial charge in [0.1, 0.15) is 5.82 Å². The molecule has 1 saturated heterocycles. The highest BCUT2D eigenvalue weighted by Crippen LogP contribution is 2.30. The molecule has 4 heteroatoms. The van der Waals surface area contributed by atoms with Gasteiger partial charge < -0.3 is 10.6 Å². The van der Waals surface area contributed by atoms with Gasteiger partial charge in [0.15, 0.2) is 0 Å². The Hall–Kier alpha value is -1.13. The molecule has 112 valence electrons. The molecule has 20 heavy (non-hydrogen) atoms. The van der Waals surface area contributed by atoms with Gasteiger partial charge in [-0.05, 0) is 50.6 Å². The second-order valence-corrected chi connectivity index (χ2v) is 5.94. The molecule has 1 aromatic rings. The van der Waals surface area contributed by atoms with Crippen molar-refractivity contribution in [1.82, 2.24) is 4.90 Å². The number of anilines is 1. The Morgan fingerprint density at radius 2 is 2.10 bits per heavy atom. The monoisotopic (exact) mass is 279 g/mol. The number of halogens is 1. The van der Waals surface area contributed by atoms with Gasteiger partial charge in [0.05, 0.1) is 0 Å². The SMILES string of the molecule is CCC1CN(c2cc(C)c(F)cc2[C@@H](C)N)CCN1C. The van der Waals surface area contributed by atoms with Gasteiger partial charge in [0.25, 0.3) is 0 Å². The number of hydrogen-bond donors (Lipinski definition) is 1. The van der Waals surface area contributed by atoms with E-state index in [1.807, 2.05) is 19.9 Å². The van der Waals surface area contributed by atoms with E-state index in [1.54, 1.807) is 6.07 Å². The molecule has 1 aliphatic heterocycles. The largest absolute Gasteiger partial charge is 0.368 e. The maximum absolute atomic E-state index is 13.8. The quantitative estimate of drug-likeness (QED) is 0.923. The van der Waals surface area contributed by atoms with Crippen molar-refractivity contribution in [2.24, 2.45) is 5.73 Å². The summed E-state index contributed by atoms with van der Waals surface area (Å²) in [6, 6.07) is 3.95. The van der Waals surface area contributed by atoms with Gasteiger partial charge in [-0.15, -0.1) is 0 Å². The van der Waals surface area contributed by atoms with E-state index >= 15 is 0 Å². The third-order valence-electron chi connectivity index (χ3n) is 4.39. The van der Waals surface area contributed by atoms with Crippen LogP contribution in [0.4, 0.5) is 10.1 Å². The molecule has 0 aliphatic carbocycles. The number of aryl methyl sites for hydroxylation is 1. The fraction of sp³-hybridized carbons (Fsp3) is 0.625. The average Bonchev–Trinajstić information content (AvgIpc) is 2.41. The van der Waals surface area contributed by atoms with Crippen LogP contribution in [0.1, 0.15) is 37.4 Å². The summed E-state index contributed by atoms with van der Waals surface area (Å²) in [4.78, 5) is 4.76. The minimum absolute atomic E-state index is 0.153. The number of benzene rings is 1. The van der Waals surface area contributed by atoms with Crippen molar-refractivity contribution in [3.05, 3.63) is 29.1 Å². The number of nitrogens with zero attached hydrogens (tertiary/aromatic N) is 2. The van der Waals surface area contributed by atoms with Crippen molar-refractivity contribution in [2.75, 3.05) is 31.6 Å². The van der Waals surface area contributed by atoms with Crippen molar-refractivity contribution in [1.29, 1.82) is 0 Å². The Labute approximate surface area is 121 Å². The van der Waals surface area contributed by atoms with Crippen LogP contribution in [0, 0.1) is 12.7 Å². The van der Waals surface area contributed by atoms with E-state index in [2.05, 4.69) is 23.8 Å². The average molecular weight is 279 g/mol. The van der Waals surface area contributed by atoms with Crippen LogP contribution >= 0.6 is 0 Å². The summed E-state index contributed by atoms with van der Waals surface area (Å²) in [7, 11) is 2.17. The van der Waals surface area contributed by atoms with Crippen LogP contribution in [0.15, 0.2) is 12.1 Å². The van der Waals surface area contributed by atoms with Crippen LogP contribution < -0.4 is 10.6 Å². The van der Waals surface area contributed by atoms with Crippen molar-refractivity contribution in [2.45, 2.75) is 39.3 Å². The van der Waals surface area contributed by atoms with Gasteiger partial charge in [-0.2, -0.15) is 0 Å². The Morgan fingerprint density at radius 3 is 2.70 bits per heavy atom. The van der Waals surface area contributed by atoms with E-state index in [9.17, 15) is 4.39 Å². The molecular weight excluding hydrogens is 253 g/mol. The van der Waals surface area contributed by atoms with E-state index in [1.165, 1.54) is 0 Å². The zero-order valence-electron chi connectivity index (χ0n) is 13.0. The van der Waals surface area contributed by atoms with Gasteiger partial charge in [-0.25, -0.2) is 4.39 Å². The lowest BCUT2D eigenvalue weighted by Crippen LogP contribution is -2.51. The summed E-state index contributed by atoms with van der Waals surface area (Å²) in [5.41, 5.74) is 8.73. The van der Waals surface area contributed by atoms with Gasteiger partial charge in [-0.3, -0.25) is 4.90 Å². The number of likely N-dealkylation sites (N-methyl/N-ethyl adjacent to an activating group) is 1. The number of piperazine rings is 1. The second kappa shape index (κ2) is 6.10. The lowest BCUT2D eigenvalue weighted by molar-refractivity contribution is 0.213. The van der Waals surface area contributed by atoms with Gasteiger partial charge in [0, 0.05) is 37.4 Å². The first-order valence-electron chi connectivity index (χ1n) is 7.44. The smallest absolute Gasteiger partial charge is 0.126 e. The molecule has 0 saturated carbocycles. The van der Waals surface area contributed by atoms with Crippen LogP contribution in [0.5, 0.6) is 0 Å². The number of rotatable bonds is 3. The molecule has 2 N–H and O–H groups in total. The van der Waals surface area contributed by atoms with Crippen molar-refractivity contribution in [3.8, 4) is 0 Å². The van der Waals surface area contributed by atoms with Crippen molar-refractivity contribution >= 4 is 5.69 Å². The summed E-state index contributed by atoms with van der Waals surface area (Å²) in [6.07, 6.45) is 1.13. The highest BCUT2D eigenvalue weighted by molar-refractivity contribution is 5.57. The maximum Gasteiger partial charge on any atom is 0.126 e. The van der Waals surface area contributed by atoms with E-state index in [0.717, 1.165) is 37.3 Å². The first kappa shape index (κ1) is 15.3. The topological polar surface area (TPSA) is 32.5 Å². The highest BCUT2D eigenvalue weighted by atomic mass is 19.1. The summed E-state index contributed by atoms with van der Waals surface area (Å²) < 4.78 is 13.8. The summed E-state index contributed by atoms with van der Waals surface area (Å²) in [5.74, 6) is -0.165. The zero-order chi connectivity index (χ0) is 14.9. The predicted octanol–water partition coefficient (Wildman–Crippen LogP) is 2.68. The van der Waals surface area contributed by atoms with Crippen LogP contribution in [0.25, 0.3) is 0 Å². The Kier molecular flexibility index (Phi) is 4.66. The lowest BCUT2D eigenvalue weighted by Gasteiger charge is -2.41. The second-order valence-electron chi connectivity index (χ2n) is 5.94. The molecule has 0 bridgehead atoms.